The summed E-state index contributed by atoms with van der Waals surface area (Å²) in [6.07, 6.45) is 2.64. The lowest BCUT2D eigenvalue weighted by atomic mass is 10.3. The van der Waals surface area contributed by atoms with E-state index < -0.39 is 0 Å². The van der Waals surface area contributed by atoms with Crippen molar-refractivity contribution in [3.05, 3.63) is 10.2 Å². The zero-order valence-corrected chi connectivity index (χ0v) is 9.21. The summed E-state index contributed by atoms with van der Waals surface area (Å²) < 4.78 is 3.35. The van der Waals surface area contributed by atoms with Crippen LogP contribution in [0.4, 0.5) is 5.82 Å². The summed E-state index contributed by atoms with van der Waals surface area (Å²) >= 11 is 3.66. The van der Waals surface area contributed by atoms with E-state index in [-0.39, 0.29) is 0 Å². The van der Waals surface area contributed by atoms with Crippen LogP contribution in [0.5, 0.6) is 0 Å². The van der Waals surface area contributed by atoms with Gasteiger partial charge < -0.3 is 4.90 Å². The van der Waals surface area contributed by atoms with Gasteiger partial charge in [-0.2, -0.15) is 5.10 Å². The summed E-state index contributed by atoms with van der Waals surface area (Å²) in [6.45, 7) is 2.13. The highest BCUT2D eigenvalue weighted by molar-refractivity contribution is 9.10. The van der Waals surface area contributed by atoms with Gasteiger partial charge in [-0.05, 0) is 28.8 Å². The Morgan fingerprint density at radius 2 is 2.15 bits per heavy atom. The number of halogens is 1. The maximum atomic E-state index is 4.63. The molecule has 3 nitrogen and oxygen atoms in total. The molecule has 0 bridgehead atoms. The van der Waals surface area contributed by atoms with E-state index in [9.17, 15) is 0 Å². The Balaban J connectivity index is 2.10. The number of rotatable bonds is 1. The molecule has 13 heavy (non-hydrogen) atoms. The molecule has 0 N–H and O–H groups in total. The first-order valence-corrected chi connectivity index (χ1v) is 5.54. The molecule has 0 amide bonds. The van der Waals surface area contributed by atoms with Crippen molar-refractivity contribution in [3.63, 3.8) is 0 Å². The minimum absolute atomic E-state index is 0.737. The molecule has 1 aromatic rings. The average Bonchev–Trinajstić information content (AvgIpc) is 2.80. The molecular weight excluding hydrogens is 230 g/mol. The van der Waals surface area contributed by atoms with Crippen molar-refractivity contribution in [1.29, 1.82) is 0 Å². The Labute approximate surface area is 85.8 Å². The monoisotopic (exact) mass is 241 g/mol. The van der Waals surface area contributed by atoms with Crippen LogP contribution in [-0.4, -0.2) is 23.4 Å². The topological polar surface area (TPSA) is 21.1 Å². The van der Waals surface area contributed by atoms with Crippen LogP contribution < -0.4 is 4.90 Å². The fourth-order valence-corrected chi connectivity index (χ4v) is 2.85. The number of nitrogens with zero attached hydrogens (tertiary/aromatic N) is 3. The maximum absolute atomic E-state index is 4.63. The van der Waals surface area contributed by atoms with E-state index in [2.05, 4.69) is 37.7 Å². The van der Waals surface area contributed by atoms with Crippen molar-refractivity contribution in [2.75, 3.05) is 18.5 Å². The van der Waals surface area contributed by atoms with Gasteiger partial charge in [-0.25, -0.2) is 4.68 Å². The molecule has 1 aliphatic carbocycles. The van der Waals surface area contributed by atoms with Gasteiger partial charge >= 0.3 is 0 Å². The quantitative estimate of drug-likeness (QED) is 0.750. The minimum atomic E-state index is 0.737. The van der Waals surface area contributed by atoms with E-state index in [1.165, 1.54) is 28.8 Å². The molecule has 70 valence electrons. The Morgan fingerprint density at radius 3 is 2.77 bits per heavy atom. The van der Waals surface area contributed by atoms with Crippen LogP contribution in [0.2, 0.25) is 0 Å². The normalized spacial score (nSPS) is 20.9. The van der Waals surface area contributed by atoms with Crippen molar-refractivity contribution in [2.45, 2.75) is 25.3 Å². The standard InChI is InChI=1S/C9H12BrN3/c1-12-4-5-13-9(12)7(10)8(11-13)6-2-3-6/h6H,2-5H2,1H3. The first kappa shape index (κ1) is 7.85. The van der Waals surface area contributed by atoms with Crippen molar-refractivity contribution in [3.8, 4) is 0 Å². The molecule has 1 aliphatic heterocycles. The number of likely N-dealkylation sites (N-methyl/N-ethyl adjacent to an activating group) is 1. The lowest BCUT2D eigenvalue weighted by molar-refractivity contribution is 0.675. The Morgan fingerprint density at radius 1 is 1.38 bits per heavy atom. The van der Waals surface area contributed by atoms with Gasteiger partial charge in [-0.3, -0.25) is 0 Å². The predicted octanol–water partition coefficient (Wildman–Crippen LogP) is 1.97. The summed E-state index contributed by atoms with van der Waals surface area (Å²) in [6, 6.07) is 0. The molecule has 0 unspecified atom stereocenters. The third-order valence-corrected chi connectivity index (χ3v) is 3.63. The maximum Gasteiger partial charge on any atom is 0.141 e. The lowest BCUT2D eigenvalue weighted by Gasteiger charge is -2.08. The van der Waals surface area contributed by atoms with Gasteiger partial charge in [0, 0.05) is 19.5 Å². The third kappa shape index (κ3) is 1.04. The summed E-state index contributed by atoms with van der Waals surface area (Å²) in [5.74, 6) is 2.00. The Bertz CT molecular complexity index is 354. The largest absolute Gasteiger partial charge is 0.357 e. The molecule has 3 rings (SSSR count). The lowest BCUT2D eigenvalue weighted by Crippen LogP contribution is -2.13. The van der Waals surface area contributed by atoms with E-state index in [0.717, 1.165) is 19.0 Å². The number of hydrogen-bond acceptors (Lipinski definition) is 2. The molecule has 0 atom stereocenters. The predicted molar refractivity (Wildman–Crippen MR) is 55.2 cm³/mol. The fourth-order valence-electron chi connectivity index (χ4n) is 1.94. The van der Waals surface area contributed by atoms with Crippen molar-refractivity contribution in [2.24, 2.45) is 0 Å². The van der Waals surface area contributed by atoms with Gasteiger partial charge in [0.05, 0.1) is 16.7 Å². The SMILES string of the molecule is CN1CCn2nc(C3CC3)c(Br)c21. The molecule has 0 saturated heterocycles. The summed E-state index contributed by atoms with van der Waals surface area (Å²) in [4.78, 5) is 2.27. The van der Waals surface area contributed by atoms with Crippen molar-refractivity contribution in [1.82, 2.24) is 9.78 Å². The van der Waals surface area contributed by atoms with Gasteiger partial charge in [-0.15, -0.1) is 0 Å². The highest BCUT2D eigenvalue weighted by Crippen LogP contribution is 2.46. The second kappa shape index (κ2) is 2.50. The molecule has 2 aliphatic rings. The van der Waals surface area contributed by atoms with Crippen LogP contribution in [0, 0.1) is 0 Å². The van der Waals surface area contributed by atoms with Crippen LogP contribution >= 0.6 is 15.9 Å². The van der Waals surface area contributed by atoms with Gasteiger partial charge in [-0.1, -0.05) is 0 Å². The summed E-state index contributed by atoms with van der Waals surface area (Å²) in [5, 5.41) is 4.63. The van der Waals surface area contributed by atoms with E-state index in [1.807, 2.05) is 0 Å². The first-order chi connectivity index (χ1) is 6.27. The zero-order chi connectivity index (χ0) is 9.00. The van der Waals surface area contributed by atoms with Gasteiger partial charge in [0.25, 0.3) is 0 Å². The van der Waals surface area contributed by atoms with Crippen LogP contribution in [-0.2, 0) is 6.54 Å². The smallest absolute Gasteiger partial charge is 0.141 e. The molecule has 1 aromatic heterocycles. The number of hydrogen-bond donors (Lipinski definition) is 0. The second-order valence-corrected chi connectivity index (χ2v) is 4.73. The summed E-state index contributed by atoms with van der Waals surface area (Å²) in [5.41, 5.74) is 1.28. The summed E-state index contributed by atoms with van der Waals surface area (Å²) in [7, 11) is 2.13. The van der Waals surface area contributed by atoms with Gasteiger partial charge in [0.15, 0.2) is 0 Å². The van der Waals surface area contributed by atoms with E-state index in [0.29, 0.717) is 0 Å². The Hall–Kier alpha value is -0.510. The third-order valence-electron chi connectivity index (χ3n) is 2.87. The van der Waals surface area contributed by atoms with Gasteiger partial charge in [0.1, 0.15) is 5.82 Å². The molecule has 0 aromatic carbocycles. The second-order valence-electron chi connectivity index (χ2n) is 3.94. The molecule has 2 heterocycles. The highest BCUT2D eigenvalue weighted by atomic mass is 79.9. The number of aromatic nitrogens is 2. The highest BCUT2D eigenvalue weighted by Gasteiger charge is 2.33. The van der Waals surface area contributed by atoms with E-state index in [4.69, 9.17) is 0 Å². The molecular formula is C9H12BrN3. The zero-order valence-electron chi connectivity index (χ0n) is 7.63. The van der Waals surface area contributed by atoms with E-state index >= 15 is 0 Å². The van der Waals surface area contributed by atoms with E-state index in [1.54, 1.807) is 0 Å². The number of anilines is 1. The van der Waals surface area contributed by atoms with Crippen molar-refractivity contribution < 1.29 is 0 Å². The molecule has 0 radical (unpaired) electrons. The van der Waals surface area contributed by atoms with Gasteiger partial charge in [0.2, 0.25) is 0 Å². The average molecular weight is 242 g/mol. The molecule has 4 heteroatoms. The molecule has 1 saturated carbocycles. The van der Waals surface area contributed by atoms with Crippen molar-refractivity contribution >= 4 is 21.7 Å². The van der Waals surface area contributed by atoms with Crippen LogP contribution in [0.1, 0.15) is 24.5 Å². The Kier molecular flexibility index (Phi) is 1.51. The minimum Gasteiger partial charge on any atom is -0.357 e. The first-order valence-electron chi connectivity index (χ1n) is 4.74. The van der Waals surface area contributed by atoms with Crippen LogP contribution in [0.25, 0.3) is 0 Å². The number of fused-ring (bicyclic) bond motifs is 1. The molecule has 1 fully saturated rings. The fraction of sp³-hybridized carbons (Fsp3) is 0.667. The van der Waals surface area contributed by atoms with Crippen LogP contribution in [0.15, 0.2) is 4.47 Å². The molecule has 0 spiro atoms. The van der Waals surface area contributed by atoms with Crippen LogP contribution in [0.3, 0.4) is 0 Å².